The molecular weight excluding hydrogens is 378 g/mol. The quantitative estimate of drug-likeness (QED) is 0.685. The Hall–Kier alpha value is -3.48. The number of aromatic amines is 1. The first-order chi connectivity index (χ1) is 14.5. The zero-order valence-electron chi connectivity index (χ0n) is 17.1. The average molecular weight is 403 g/mol. The summed E-state index contributed by atoms with van der Waals surface area (Å²) < 4.78 is 0. The highest BCUT2D eigenvalue weighted by molar-refractivity contribution is 5.80. The second-order valence-corrected chi connectivity index (χ2v) is 7.73. The van der Waals surface area contributed by atoms with E-state index in [9.17, 15) is 9.59 Å². The summed E-state index contributed by atoms with van der Waals surface area (Å²) in [6.45, 7) is 4.44. The van der Waals surface area contributed by atoms with E-state index in [1.54, 1.807) is 0 Å². The van der Waals surface area contributed by atoms with Crippen molar-refractivity contribution in [3.8, 4) is 11.4 Å². The van der Waals surface area contributed by atoms with Gasteiger partial charge in [0, 0.05) is 25.6 Å². The summed E-state index contributed by atoms with van der Waals surface area (Å²) in [5.41, 5.74) is 3.04. The van der Waals surface area contributed by atoms with Crippen LogP contribution in [0, 0.1) is 6.92 Å². The lowest BCUT2D eigenvalue weighted by atomic mass is 10.0. The smallest absolute Gasteiger partial charge is 0.227 e. The zero-order chi connectivity index (χ0) is 21.1. The molecule has 0 saturated carbocycles. The molecule has 1 aliphatic rings. The molecule has 1 saturated heterocycles. The first kappa shape index (κ1) is 19.8. The largest absolute Gasteiger partial charge is 0.351 e. The van der Waals surface area contributed by atoms with E-state index in [1.165, 1.54) is 6.92 Å². The molecule has 0 radical (unpaired) electrons. The summed E-state index contributed by atoms with van der Waals surface area (Å²) in [6, 6.07) is 17.4. The molecule has 0 bridgehead atoms. The van der Waals surface area contributed by atoms with Crippen LogP contribution in [0.25, 0.3) is 11.4 Å². The predicted octanol–water partition coefficient (Wildman–Crippen LogP) is 2.45. The summed E-state index contributed by atoms with van der Waals surface area (Å²) in [7, 11) is 0. The number of aryl methyl sites for hydroxylation is 1. The second kappa shape index (κ2) is 8.49. The van der Waals surface area contributed by atoms with E-state index in [0.29, 0.717) is 31.2 Å². The number of nitrogens with one attached hydrogen (secondary N) is 2. The van der Waals surface area contributed by atoms with E-state index in [4.69, 9.17) is 0 Å². The van der Waals surface area contributed by atoms with Crippen LogP contribution in [0.1, 0.15) is 29.8 Å². The van der Waals surface area contributed by atoms with Crippen LogP contribution in [0.3, 0.4) is 0 Å². The number of nitrogens with zero attached hydrogens (tertiary/aromatic N) is 3. The minimum Gasteiger partial charge on any atom is -0.351 e. The van der Waals surface area contributed by atoms with Crippen LogP contribution in [0.4, 0.5) is 0 Å². The Morgan fingerprint density at radius 1 is 1.10 bits per heavy atom. The van der Waals surface area contributed by atoms with Crippen molar-refractivity contribution in [2.45, 2.75) is 32.2 Å². The molecule has 1 aromatic heterocycles. The number of hydrogen-bond acceptors (Lipinski definition) is 4. The number of aromatic nitrogens is 3. The van der Waals surface area contributed by atoms with Crippen LogP contribution in [-0.2, 0) is 16.0 Å². The summed E-state index contributed by atoms with van der Waals surface area (Å²) >= 11 is 0. The third-order valence-electron chi connectivity index (χ3n) is 5.55. The lowest BCUT2D eigenvalue weighted by Gasteiger charge is -2.17. The Labute approximate surface area is 175 Å². The van der Waals surface area contributed by atoms with Gasteiger partial charge in [-0.05, 0) is 18.1 Å². The van der Waals surface area contributed by atoms with Gasteiger partial charge in [0.2, 0.25) is 11.8 Å². The summed E-state index contributed by atoms with van der Waals surface area (Å²) in [4.78, 5) is 31.2. The monoisotopic (exact) mass is 403 g/mol. The molecule has 0 unspecified atom stereocenters. The van der Waals surface area contributed by atoms with Gasteiger partial charge in [-0.2, -0.15) is 5.10 Å². The van der Waals surface area contributed by atoms with E-state index in [-0.39, 0.29) is 23.8 Å². The molecular formula is C23H25N5O2. The fourth-order valence-electron chi connectivity index (χ4n) is 3.93. The molecule has 30 heavy (non-hydrogen) atoms. The van der Waals surface area contributed by atoms with Crippen molar-refractivity contribution in [3.05, 3.63) is 71.5 Å². The Morgan fingerprint density at radius 3 is 2.57 bits per heavy atom. The minimum atomic E-state index is -0.208. The normalized spacial score (nSPS) is 18.4. The van der Waals surface area contributed by atoms with E-state index < -0.39 is 0 Å². The van der Waals surface area contributed by atoms with Crippen molar-refractivity contribution >= 4 is 11.8 Å². The molecule has 4 rings (SSSR count). The van der Waals surface area contributed by atoms with Crippen molar-refractivity contribution in [2.24, 2.45) is 0 Å². The molecule has 1 fully saturated rings. The highest BCUT2D eigenvalue weighted by Gasteiger charge is 2.38. The lowest BCUT2D eigenvalue weighted by molar-refractivity contribution is -0.129. The second-order valence-electron chi connectivity index (χ2n) is 7.73. The van der Waals surface area contributed by atoms with Gasteiger partial charge in [-0.25, -0.2) is 4.98 Å². The van der Waals surface area contributed by atoms with E-state index in [1.807, 2.05) is 66.4 Å². The van der Waals surface area contributed by atoms with Crippen LogP contribution >= 0.6 is 0 Å². The molecule has 0 spiro atoms. The number of benzene rings is 2. The fourth-order valence-corrected chi connectivity index (χ4v) is 3.93. The van der Waals surface area contributed by atoms with E-state index in [0.717, 1.165) is 16.7 Å². The third-order valence-corrected chi connectivity index (χ3v) is 5.55. The van der Waals surface area contributed by atoms with Gasteiger partial charge in [0.1, 0.15) is 5.82 Å². The van der Waals surface area contributed by atoms with Gasteiger partial charge in [0.25, 0.3) is 0 Å². The molecule has 0 aliphatic carbocycles. The van der Waals surface area contributed by atoms with Gasteiger partial charge >= 0.3 is 0 Å². The fraction of sp³-hybridized carbons (Fsp3) is 0.304. The number of amides is 2. The molecule has 2 atom stereocenters. The molecule has 7 heteroatoms. The Kier molecular flexibility index (Phi) is 5.61. The van der Waals surface area contributed by atoms with E-state index in [2.05, 4.69) is 20.5 Å². The van der Waals surface area contributed by atoms with Gasteiger partial charge < -0.3 is 10.2 Å². The molecule has 2 aromatic carbocycles. The molecule has 154 valence electrons. The van der Waals surface area contributed by atoms with Crippen molar-refractivity contribution in [1.82, 2.24) is 25.4 Å². The van der Waals surface area contributed by atoms with Crippen molar-refractivity contribution in [1.29, 1.82) is 0 Å². The first-order valence-corrected chi connectivity index (χ1v) is 10.1. The highest BCUT2D eigenvalue weighted by atomic mass is 16.2. The number of carbonyl (C=O) groups excluding carboxylic acids is 2. The lowest BCUT2D eigenvalue weighted by Crippen LogP contribution is -2.39. The summed E-state index contributed by atoms with van der Waals surface area (Å²) in [5.74, 6) is 1.07. The van der Waals surface area contributed by atoms with Crippen LogP contribution in [0.5, 0.6) is 0 Å². The highest BCUT2D eigenvalue weighted by Crippen LogP contribution is 2.27. The number of likely N-dealkylation sites (tertiary alicyclic amines) is 1. The average Bonchev–Trinajstić information content (AvgIpc) is 3.37. The van der Waals surface area contributed by atoms with Gasteiger partial charge in [0.15, 0.2) is 5.82 Å². The number of rotatable bonds is 5. The van der Waals surface area contributed by atoms with Crippen LogP contribution in [-0.4, -0.2) is 51.0 Å². The molecule has 2 amide bonds. The standard InChI is InChI=1S/C23H25N5O2/c1-15-8-6-7-11-18(15)12-21(30)28-13-19(20(14-28)24-16(2)29)23-25-22(26-27-23)17-9-4-3-5-10-17/h3-11,19-20H,12-14H2,1-2H3,(H,24,29)(H,25,26,27)/t19-,20-/m1/s1. The summed E-state index contributed by atoms with van der Waals surface area (Å²) in [6.07, 6.45) is 0.345. The molecule has 7 nitrogen and oxygen atoms in total. The van der Waals surface area contributed by atoms with Crippen molar-refractivity contribution < 1.29 is 9.59 Å². The van der Waals surface area contributed by atoms with Crippen molar-refractivity contribution in [3.63, 3.8) is 0 Å². The molecule has 3 aromatic rings. The van der Waals surface area contributed by atoms with Gasteiger partial charge in [-0.1, -0.05) is 54.6 Å². The van der Waals surface area contributed by atoms with E-state index >= 15 is 0 Å². The molecule has 2 N–H and O–H groups in total. The topological polar surface area (TPSA) is 91.0 Å². The first-order valence-electron chi connectivity index (χ1n) is 10.1. The number of carbonyl (C=O) groups is 2. The maximum atomic E-state index is 13.0. The number of hydrogen-bond donors (Lipinski definition) is 2. The molecule has 1 aliphatic heterocycles. The minimum absolute atomic E-state index is 0.0463. The Balaban J connectivity index is 1.53. The predicted molar refractivity (Wildman–Crippen MR) is 114 cm³/mol. The Morgan fingerprint density at radius 2 is 1.83 bits per heavy atom. The zero-order valence-corrected chi connectivity index (χ0v) is 17.1. The van der Waals surface area contributed by atoms with Gasteiger partial charge in [-0.3, -0.25) is 14.7 Å². The SMILES string of the molecule is CC(=O)N[C@@H]1CN(C(=O)Cc2ccccc2C)C[C@H]1c1nc(-c2ccccc2)n[nH]1. The van der Waals surface area contributed by atoms with Gasteiger partial charge in [0.05, 0.1) is 18.4 Å². The van der Waals surface area contributed by atoms with Crippen LogP contribution < -0.4 is 5.32 Å². The van der Waals surface area contributed by atoms with Crippen molar-refractivity contribution in [2.75, 3.05) is 13.1 Å². The third kappa shape index (κ3) is 4.25. The maximum absolute atomic E-state index is 13.0. The van der Waals surface area contributed by atoms with Crippen LogP contribution in [0.2, 0.25) is 0 Å². The number of H-pyrrole nitrogens is 1. The summed E-state index contributed by atoms with van der Waals surface area (Å²) in [5, 5.41) is 10.3. The maximum Gasteiger partial charge on any atom is 0.227 e. The van der Waals surface area contributed by atoms with Crippen LogP contribution in [0.15, 0.2) is 54.6 Å². The molecule has 2 heterocycles. The van der Waals surface area contributed by atoms with Gasteiger partial charge in [-0.15, -0.1) is 0 Å². The Bertz CT molecular complexity index is 1050.